The normalized spacial score (nSPS) is 15.1. The minimum atomic E-state index is -4.52. The molecule has 0 saturated carbocycles. The quantitative estimate of drug-likeness (QED) is 0.586. The Hall–Kier alpha value is -2.81. The lowest BCUT2D eigenvalue weighted by Gasteiger charge is -2.10. The molecule has 0 radical (unpaired) electrons. The Kier molecular flexibility index (Phi) is 4.65. The maximum atomic E-state index is 13.0. The third-order valence-corrected chi connectivity index (χ3v) is 5.39. The van der Waals surface area contributed by atoms with Gasteiger partial charge in [0.05, 0.1) is 28.0 Å². The van der Waals surface area contributed by atoms with Crippen molar-refractivity contribution in [3.05, 3.63) is 62.1 Å². The number of hydrogen-bond donors (Lipinski definition) is 1. The first-order valence-electron chi connectivity index (χ1n) is 8.58. The summed E-state index contributed by atoms with van der Waals surface area (Å²) in [4.78, 5) is 17.1. The number of ether oxygens (including phenoxy) is 1. The molecule has 0 bridgehead atoms. The molecule has 4 rings (SSSR count). The van der Waals surface area contributed by atoms with E-state index in [1.54, 1.807) is 18.2 Å². The van der Waals surface area contributed by atoms with Gasteiger partial charge < -0.3 is 9.84 Å². The van der Waals surface area contributed by atoms with Crippen molar-refractivity contribution in [3.63, 3.8) is 0 Å². The molecule has 2 aromatic carbocycles. The Bertz CT molecular complexity index is 1230. The molecule has 2 heterocycles. The van der Waals surface area contributed by atoms with Crippen molar-refractivity contribution in [2.45, 2.75) is 19.1 Å². The lowest BCUT2D eigenvalue weighted by molar-refractivity contribution is -0.137. The Morgan fingerprint density at radius 2 is 2.03 bits per heavy atom. The lowest BCUT2D eigenvalue weighted by Crippen LogP contribution is -2.21. The Balaban J connectivity index is 1.87. The van der Waals surface area contributed by atoms with Crippen LogP contribution in [0.2, 0.25) is 0 Å². The van der Waals surface area contributed by atoms with Crippen LogP contribution in [0.1, 0.15) is 23.4 Å². The van der Waals surface area contributed by atoms with Crippen LogP contribution >= 0.6 is 15.9 Å². The standard InChI is InChI=1S/C20H14BrF3N2O3/c1-29-16-8-10(7-14(21)17(16)27)6-11-4-5-26-18(11)25-15-9-12(20(22,23)24)2-3-13(15)19(26)28/h2-3,6-9,27H,4-5H2,1H3/b11-6+. The third kappa shape index (κ3) is 3.39. The fraction of sp³-hybridized carbons (Fsp3) is 0.200. The number of phenolic OH excluding ortho intramolecular Hbond substituents is 1. The molecule has 0 amide bonds. The minimum Gasteiger partial charge on any atom is -0.503 e. The van der Waals surface area contributed by atoms with E-state index in [4.69, 9.17) is 4.74 Å². The summed E-state index contributed by atoms with van der Waals surface area (Å²) >= 11 is 3.25. The highest BCUT2D eigenvalue weighted by Gasteiger charge is 2.31. The van der Waals surface area contributed by atoms with Gasteiger partial charge in [0, 0.05) is 6.54 Å². The molecule has 0 saturated heterocycles. The van der Waals surface area contributed by atoms with Crippen LogP contribution in [-0.4, -0.2) is 21.8 Å². The predicted octanol–water partition coefficient (Wildman–Crippen LogP) is 4.84. The molecular weight excluding hydrogens is 453 g/mol. The molecule has 1 aliphatic rings. The van der Waals surface area contributed by atoms with Crippen LogP contribution < -0.4 is 10.3 Å². The fourth-order valence-electron chi connectivity index (χ4n) is 3.36. The largest absolute Gasteiger partial charge is 0.503 e. The van der Waals surface area contributed by atoms with Crippen LogP contribution in [0, 0.1) is 0 Å². The van der Waals surface area contributed by atoms with Gasteiger partial charge in [0.15, 0.2) is 11.5 Å². The summed E-state index contributed by atoms with van der Waals surface area (Å²) in [7, 11) is 1.43. The number of aromatic nitrogens is 2. The molecule has 0 unspecified atom stereocenters. The van der Waals surface area contributed by atoms with E-state index >= 15 is 0 Å². The summed E-state index contributed by atoms with van der Waals surface area (Å²) in [5.74, 6) is 0.564. The number of nitrogens with zero attached hydrogens (tertiary/aromatic N) is 2. The van der Waals surface area contributed by atoms with E-state index in [0.29, 0.717) is 34.4 Å². The monoisotopic (exact) mass is 466 g/mol. The molecule has 150 valence electrons. The van der Waals surface area contributed by atoms with Gasteiger partial charge in [-0.2, -0.15) is 13.2 Å². The van der Waals surface area contributed by atoms with Crippen LogP contribution in [0.5, 0.6) is 11.5 Å². The van der Waals surface area contributed by atoms with Crippen molar-refractivity contribution in [3.8, 4) is 11.5 Å². The number of benzene rings is 2. The number of alkyl halides is 3. The summed E-state index contributed by atoms with van der Waals surface area (Å²) in [6.07, 6.45) is -2.23. The van der Waals surface area contributed by atoms with Crippen LogP contribution in [0.15, 0.2) is 39.6 Å². The smallest absolute Gasteiger partial charge is 0.416 e. The first-order valence-corrected chi connectivity index (χ1v) is 9.37. The Morgan fingerprint density at radius 3 is 2.72 bits per heavy atom. The molecule has 0 aliphatic carbocycles. The van der Waals surface area contributed by atoms with E-state index < -0.39 is 11.7 Å². The number of halogens is 4. The zero-order chi connectivity index (χ0) is 20.9. The third-order valence-electron chi connectivity index (χ3n) is 4.79. The molecule has 29 heavy (non-hydrogen) atoms. The van der Waals surface area contributed by atoms with Crippen molar-refractivity contribution < 1.29 is 23.0 Å². The predicted molar refractivity (Wildman–Crippen MR) is 106 cm³/mol. The van der Waals surface area contributed by atoms with E-state index in [2.05, 4.69) is 20.9 Å². The highest BCUT2D eigenvalue weighted by Crippen LogP contribution is 2.37. The summed E-state index contributed by atoms with van der Waals surface area (Å²) < 4.78 is 46.1. The van der Waals surface area contributed by atoms with Crippen LogP contribution in [0.3, 0.4) is 0 Å². The maximum absolute atomic E-state index is 13.0. The molecule has 0 atom stereocenters. The highest BCUT2D eigenvalue weighted by molar-refractivity contribution is 9.10. The van der Waals surface area contributed by atoms with Crippen LogP contribution in [0.25, 0.3) is 22.6 Å². The van der Waals surface area contributed by atoms with Crippen molar-refractivity contribution in [2.24, 2.45) is 0 Å². The minimum absolute atomic E-state index is 0.00772. The van der Waals surface area contributed by atoms with Crippen molar-refractivity contribution in [2.75, 3.05) is 7.11 Å². The average Bonchev–Trinajstić information content (AvgIpc) is 3.06. The van der Waals surface area contributed by atoms with E-state index in [9.17, 15) is 23.1 Å². The van der Waals surface area contributed by atoms with Crippen molar-refractivity contribution in [1.82, 2.24) is 9.55 Å². The number of aromatic hydroxyl groups is 1. The summed E-state index contributed by atoms with van der Waals surface area (Å²) in [6.45, 7) is 0.389. The Morgan fingerprint density at radius 1 is 1.28 bits per heavy atom. The summed E-state index contributed by atoms with van der Waals surface area (Å²) in [6, 6.07) is 6.26. The number of hydrogen-bond acceptors (Lipinski definition) is 4. The zero-order valence-electron chi connectivity index (χ0n) is 15.0. The second-order valence-corrected chi connectivity index (χ2v) is 7.45. The van der Waals surface area contributed by atoms with Gasteiger partial charge in [0.1, 0.15) is 5.82 Å². The first kappa shape index (κ1) is 19.5. The van der Waals surface area contributed by atoms with Gasteiger partial charge in [-0.15, -0.1) is 0 Å². The maximum Gasteiger partial charge on any atom is 0.416 e. The molecule has 3 aromatic rings. The second kappa shape index (κ2) is 6.91. The molecule has 1 aliphatic heterocycles. The topological polar surface area (TPSA) is 64.4 Å². The number of allylic oxidation sites excluding steroid dienone is 1. The zero-order valence-corrected chi connectivity index (χ0v) is 16.6. The number of fused-ring (bicyclic) bond motifs is 2. The molecule has 9 heteroatoms. The summed E-state index contributed by atoms with van der Waals surface area (Å²) in [5, 5.41) is 10.1. The molecule has 0 spiro atoms. The summed E-state index contributed by atoms with van der Waals surface area (Å²) in [5.41, 5.74) is 0.187. The van der Waals surface area contributed by atoms with Gasteiger partial charge in [0.25, 0.3) is 5.56 Å². The average molecular weight is 467 g/mol. The molecular formula is C20H14BrF3N2O3. The van der Waals surface area contributed by atoms with Crippen molar-refractivity contribution >= 4 is 38.5 Å². The van der Waals surface area contributed by atoms with E-state index in [0.717, 1.165) is 12.1 Å². The van der Waals surface area contributed by atoms with Crippen LogP contribution in [0.4, 0.5) is 13.2 Å². The van der Waals surface area contributed by atoms with Crippen molar-refractivity contribution in [1.29, 1.82) is 0 Å². The second-order valence-electron chi connectivity index (χ2n) is 6.60. The van der Waals surface area contributed by atoms with Gasteiger partial charge >= 0.3 is 6.18 Å². The number of methoxy groups -OCH3 is 1. The number of phenols is 1. The van der Waals surface area contributed by atoms with E-state index in [1.807, 2.05) is 0 Å². The fourth-order valence-corrected chi connectivity index (χ4v) is 3.82. The van der Waals surface area contributed by atoms with Gasteiger partial charge in [0.2, 0.25) is 0 Å². The lowest BCUT2D eigenvalue weighted by atomic mass is 10.1. The van der Waals surface area contributed by atoms with Gasteiger partial charge in [-0.3, -0.25) is 9.36 Å². The number of rotatable bonds is 2. The van der Waals surface area contributed by atoms with Gasteiger partial charge in [-0.1, -0.05) is 0 Å². The molecule has 1 aromatic heterocycles. The first-order chi connectivity index (χ1) is 13.7. The highest BCUT2D eigenvalue weighted by atomic mass is 79.9. The van der Waals surface area contributed by atoms with Gasteiger partial charge in [-0.05, 0) is 69.9 Å². The Labute approximate surface area is 171 Å². The van der Waals surface area contributed by atoms with Crippen LogP contribution in [-0.2, 0) is 12.7 Å². The van der Waals surface area contributed by atoms with E-state index in [-0.39, 0.29) is 28.0 Å². The SMILES string of the molecule is COc1cc(/C=C2\CCn3c2nc2cc(C(F)(F)F)ccc2c3=O)cc(Br)c1O. The molecule has 0 fully saturated rings. The van der Waals surface area contributed by atoms with E-state index in [1.165, 1.54) is 17.7 Å². The molecule has 1 N–H and O–H groups in total. The van der Waals surface area contributed by atoms with Gasteiger partial charge in [-0.25, -0.2) is 4.98 Å². The molecule has 5 nitrogen and oxygen atoms in total.